The Morgan fingerprint density at radius 2 is 1.79 bits per heavy atom. The van der Waals surface area contributed by atoms with Crippen molar-refractivity contribution < 1.29 is 14.9 Å². The van der Waals surface area contributed by atoms with Crippen LogP contribution in [0.5, 0.6) is 5.75 Å². The van der Waals surface area contributed by atoms with Crippen LogP contribution in [0.4, 0.5) is 0 Å². The molecule has 6 heteroatoms. The Bertz CT molecular complexity index is 559. The van der Waals surface area contributed by atoms with Crippen LogP contribution in [-0.2, 0) is 0 Å². The maximum Gasteiger partial charge on any atom is 0.138 e. The number of hydrogen-bond donors (Lipinski definition) is 2. The van der Waals surface area contributed by atoms with E-state index in [2.05, 4.69) is 32.6 Å². The minimum atomic E-state index is -0.662. The summed E-state index contributed by atoms with van der Waals surface area (Å²) in [4.78, 5) is 2.25. The number of likely N-dealkylation sites (tertiary alicyclic amines) is 1. The van der Waals surface area contributed by atoms with E-state index < -0.39 is 6.10 Å². The van der Waals surface area contributed by atoms with Crippen molar-refractivity contribution in [1.82, 2.24) is 4.90 Å². The standard InChI is InChI=1S/C18H27Cl2NO3/c1-17(2)8-13(22)9-18(3,4)21(17)10-14(23)11-24-16-6-5-12(19)7-15(16)20/h5-7,13-14,22-23H,8-11H2,1-4H3/t14-/m1/s1. The van der Waals surface area contributed by atoms with Gasteiger partial charge >= 0.3 is 0 Å². The molecule has 2 N–H and O–H groups in total. The van der Waals surface area contributed by atoms with Crippen LogP contribution in [0.2, 0.25) is 10.0 Å². The number of rotatable bonds is 5. The summed E-state index contributed by atoms with van der Waals surface area (Å²) in [6.45, 7) is 9.01. The van der Waals surface area contributed by atoms with E-state index in [1.807, 2.05) is 0 Å². The summed E-state index contributed by atoms with van der Waals surface area (Å²) in [6.07, 6.45) is 0.401. The van der Waals surface area contributed by atoms with E-state index in [9.17, 15) is 10.2 Å². The van der Waals surface area contributed by atoms with Gasteiger partial charge in [0.1, 0.15) is 18.5 Å². The van der Waals surface area contributed by atoms with Crippen molar-refractivity contribution in [2.75, 3.05) is 13.2 Å². The lowest BCUT2D eigenvalue weighted by Gasteiger charge is -2.54. The molecule has 0 amide bonds. The molecule has 1 aromatic rings. The van der Waals surface area contributed by atoms with Gasteiger partial charge in [-0.15, -0.1) is 0 Å². The van der Waals surface area contributed by atoms with E-state index in [4.69, 9.17) is 27.9 Å². The zero-order valence-corrected chi connectivity index (χ0v) is 16.2. The average molecular weight is 376 g/mol. The third kappa shape index (κ3) is 4.77. The first kappa shape index (κ1) is 19.8. The summed E-state index contributed by atoms with van der Waals surface area (Å²) in [7, 11) is 0. The molecule has 0 aromatic heterocycles. The van der Waals surface area contributed by atoms with E-state index >= 15 is 0 Å². The molecule has 1 aliphatic rings. The summed E-state index contributed by atoms with van der Waals surface area (Å²) < 4.78 is 5.64. The number of halogens is 2. The van der Waals surface area contributed by atoms with Crippen molar-refractivity contribution in [3.05, 3.63) is 28.2 Å². The van der Waals surface area contributed by atoms with Crippen LogP contribution in [0, 0.1) is 0 Å². The second-order valence-electron chi connectivity index (χ2n) is 7.84. The van der Waals surface area contributed by atoms with E-state index in [0.29, 0.717) is 35.2 Å². The molecule has 1 heterocycles. The Morgan fingerprint density at radius 3 is 2.33 bits per heavy atom. The van der Waals surface area contributed by atoms with Crippen molar-refractivity contribution in [3.63, 3.8) is 0 Å². The van der Waals surface area contributed by atoms with Crippen molar-refractivity contribution in [2.24, 2.45) is 0 Å². The number of aliphatic hydroxyl groups excluding tert-OH is 2. The molecule has 1 fully saturated rings. The molecule has 1 aliphatic heterocycles. The van der Waals surface area contributed by atoms with Gasteiger partial charge < -0.3 is 14.9 Å². The van der Waals surface area contributed by atoms with Crippen molar-refractivity contribution in [3.8, 4) is 5.75 Å². The number of hydrogen-bond acceptors (Lipinski definition) is 4. The lowest BCUT2D eigenvalue weighted by Crippen LogP contribution is -2.63. The minimum Gasteiger partial charge on any atom is -0.489 e. The maximum absolute atomic E-state index is 10.4. The summed E-state index contributed by atoms with van der Waals surface area (Å²) in [5.41, 5.74) is -0.389. The highest BCUT2D eigenvalue weighted by Crippen LogP contribution is 2.38. The Balaban J connectivity index is 1.99. The van der Waals surface area contributed by atoms with Crippen LogP contribution in [0.3, 0.4) is 0 Å². The SMILES string of the molecule is CC1(C)CC(O)CC(C)(C)N1C[C@@H](O)COc1ccc(Cl)cc1Cl. The molecule has 0 radical (unpaired) electrons. The summed E-state index contributed by atoms with van der Waals surface area (Å²) in [5, 5.41) is 21.5. The van der Waals surface area contributed by atoms with Crippen molar-refractivity contribution >= 4 is 23.2 Å². The molecule has 0 bridgehead atoms. The van der Waals surface area contributed by atoms with Gasteiger partial charge in [0, 0.05) is 22.6 Å². The van der Waals surface area contributed by atoms with Crippen LogP contribution < -0.4 is 4.74 Å². The highest BCUT2D eigenvalue weighted by Gasteiger charge is 2.45. The van der Waals surface area contributed by atoms with Crippen molar-refractivity contribution in [1.29, 1.82) is 0 Å². The molecule has 4 nitrogen and oxygen atoms in total. The van der Waals surface area contributed by atoms with Crippen LogP contribution in [-0.4, -0.2) is 51.6 Å². The molecule has 1 saturated heterocycles. The fourth-order valence-corrected chi connectivity index (χ4v) is 4.26. The number of piperidine rings is 1. The number of ether oxygens (including phenoxy) is 1. The molecular weight excluding hydrogens is 349 g/mol. The second kappa shape index (κ2) is 7.38. The van der Waals surface area contributed by atoms with Gasteiger partial charge in [0.25, 0.3) is 0 Å². The Hall–Kier alpha value is -0.520. The zero-order chi connectivity index (χ0) is 18.1. The first-order chi connectivity index (χ1) is 11.0. The molecule has 24 heavy (non-hydrogen) atoms. The smallest absolute Gasteiger partial charge is 0.138 e. The van der Waals surface area contributed by atoms with Gasteiger partial charge in [0.15, 0.2) is 0 Å². The molecule has 1 atom stereocenters. The summed E-state index contributed by atoms with van der Waals surface area (Å²) >= 11 is 11.9. The van der Waals surface area contributed by atoms with Gasteiger partial charge in [-0.2, -0.15) is 0 Å². The molecule has 2 rings (SSSR count). The zero-order valence-electron chi connectivity index (χ0n) is 14.7. The van der Waals surface area contributed by atoms with Crippen LogP contribution >= 0.6 is 23.2 Å². The van der Waals surface area contributed by atoms with Gasteiger partial charge in [-0.1, -0.05) is 23.2 Å². The fourth-order valence-electron chi connectivity index (χ4n) is 3.80. The monoisotopic (exact) mass is 375 g/mol. The molecular formula is C18H27Cl2NO3. The predicted molar refractivity (Wildman–Crippen MR) is 98.1 cm³/mol. The van der Waals surface area contributed by atoms with Gasteiger partial charge in [-0.3, -0.25) is 4.90 Å². The number of aliphatic hydroxyl groups is 2. The molecule has 0 saturated carbocycles. The normalized spacial score (nSPS) is 22.3. The number of nitrogens with zero attached hydrogens (tertiary/aromatic N) is 1. The first-order valence-corrected chi connectivity index (χ1v) is 8.98. The van der Waals surface area contributed by atoms with Crippen LogP contribution in [0.1, 0.15) is 40.5 Å². The topological polar surface area (TPSA) is 52.9 Å². The molecule has 1 aromatic carbocycles. The van der Waals surface area contributed by atoms with E-state index in [0.717, 1.165) is 0 Å². The van der Waals surface area contributed by atoms with Gasteiger partial charge in [0.2, 0.25) is 0 Å². The Labute approximate surface area is 154 Å². The molecule has 0 unspecified atom stereocenters. The van der Waals surface area contributed by atoms with Crippen molar-refractivity contribution in [2.45, 2.75) is 63.8 Å². The number of β-amino-alcohol motifs (C(OH)–C–C–N with tert-alkyl or cyclic N) is 1. The van der Waals surface area contributed by atoms with Crippen LogP contribution in [0.25, 0.3) is 0 Å². The van der Waals surface area contributed by atoms with Gasteiger partial charge in [-0.05, 0) is 58.7 Å². The van der Waals surface area contributed by atoms with Gasteiger partial charge in [-0.25, -0.2) is 0 Å². The quantitative estimate of drug-likeness (QED) is 0.822. The lowest BCUT2D eigenvalue weighted by molar-refractivity contribution is -0.1000. The fraction of sp³-hybridized carbons (Fsp3) is 0.667. The summed E-state index contributed by atoms with van der Waals surface area (Å²) in [5.74, 6) is 0.507. The third-order valence-electron chi connectivity index (χ3n) is 4.65. The Kier molecular flexibility index (Phi) is 6.09. The van der Waals surface area contributed by atoms with E-state index in [1.165, 1.54) is 0 Å². The second-order valence-corrected chi connectivity index (χ2v) is 8.68. The third-order valence-corrected chi connectivity index (χ3v) is 5.18. The summed E-state index contributed by atoms with van der Waals surface area (Å²) in [6, 6.07) is 5.01. The van der Waals surface area contributed by atoms with Crippen LogP contribution in [0.15, 0.2) is 18.2 Å². The van der Waals surface area contributed by atoms with Gasteiger partial charge in [0.05, 0.1) is 11.1 Å². The molecule has 136 valence electrons. The molecule has 0 aliphatic carbocycles. The van der Waals surface area contributed by atoms with E-state index in [-0.39, 0.29) is 23.8 Å². The largest absolute Gasteiger partial charge is 0.489 e. The highest BCUT2D eigenvalue weighted by molar-refractivity contribution is 6.35. The maximum atomic E-state index is 10.4. The predicted octanol–water partition coefficient (Wildman–Crippen LogP) is 3.75. The lowest BCUT2D eigenvalue weighted by atomic mass is 9.78. The van der Waals surface area contributed by atoms with E-state index in [1.54, 1.807) is 18.2 Å². The Morgan fingerprint density at radius 1 is 1.21 bits per heavy atom. The highest BCUT2D eigenvalue weighted by atomic mass is 35.5. The first-order valence-electron chi connectivity index (χ1n) is 8.23. The number of benzene rings is 1. The average Bonchev–Trinajstić information content (AvgIpc) is 2.40. The molecule has 0 spiro atoms. The minimum absolute atomic E-state index is 0.145.